The standard InChI is InChI=1S/C6H3ClF.BrH.Mg/c7-5-2-1-3-6(8)4-5;;/h2-4H;1H;/q-1;;+2/p-1. The third-order valence-electron chi connectivity index (χ3n) is 0.718. The molecule has 0 atom stereocenters. The Morgan fingerprint density at radius 3 is 2.30 bits per heavy atom. The van der Waals surface area contributed by atoms with Crippen molar-refractivity contribution in [2.24, 2.45) is 0 Å². The quantitative estimate of drug-likeness (QED) is 0.395. The summed E-state index contributed by atoms with van der Waals surface area (Å²) < 4.78 is 12.1. The summed E-state index contributed by atoms with van der Waals surface area (Å²) in [5, 5.41) is 0.380. The maximum atomic E-state index is 12.1. The van der Waals surface area contributed by atoms with E-state index in [2.05, 4.69) is 6.07 Å². The number of hydrogen-bond donors (Lipinski definition) is 0. The number of hydrogen-bond acceptors (Lipinski definition) is 0. The van der Waals surface area contributed by atoms with Crippen molar-refractivity contribution >= 4 is 34.7 Å². The first-order valence-electron chi connectivity index (χ1n) is 2.11. The van der Waals surface area contributed by atoms with E-state index in [1.165, 1.54) is 18.2 Å². The molecule has 1 rings (SSSR count). The van der Waals surface area contributed by atoms with Crippen molar-refractivity contribution in [3.63, 3.8) is 0 Å². The molecule has 0 aliphatic heterocycles. The van der Waals surface area contributed by atoms with Crippen LogP contribution in [0.25, 0.3) is 0 Å². The normalized spacial score (nSPS) is 7.40. The summed E-state index contributed by atoms with van der Waals surface area (Å²) in [7, 11) is 0. The van der Waals surface area contributed by atoms with Gasteiger partial charge in [-0.25, -0.2) is 0 Å². The van der Waals surface area contributed by atoms with Gasteiger partial charge >= 0.3 is 23.1 Å². The Morgan fingerprint density at radius 2 is 2.00 bits per heavy atom. The Kier molecular flexibility index (Phi) is 8.50. The molecule has 0 saturated heterocycles. The fraction of sp³-hybridized carbons (Fsp3) is 0. The number of benzene rings is 1. The Bertz CT molecular complexity index is 178. The van der Waals surface area contributed by atoms with E-state index < -0.39 is 0 Å². The maximum absolute atomic E-state index is 12.1. The third-order valence-corrected chi connectivity index (χ3v) is 0.936. The predicted octanol–water partition coefficient (Wildman–Crippen LogP) is -1.10. The molecule has 0 nitrogen and oxygen atoms in total. The largest absolute Gasteiger partial charge is 2.00 e. The first-order chi connectivity index (χ1) is 3.79. The molecule has 0 unspecified atom stereocenters. The molecule has 0 spiro atoms. The van der Waals surface area contributed by atoms with Crippen molar-refractivity contribution in [1.29, 1.82) is 0 Å². The molecule has 0 heterocycles. The molecule has 0 fully saturated rings. The topological polar surface area (TPSA) is 0 Å². The SMILES string of the molecule is Fc1c[c-]cc(Cl)c1.[Br-].[Mg+2]. The fourth-order valence-electron chi connectivity index (χ4n) is 0.416. The summed E-state index contributed by atoms with van der Waals surface area (Å²) in [5.74, 6) is -0.350. The predicted molar refractivity (Wildman–Crippen MR) is 36.0 cm³/mol. The first kappa shape index (κ1) is 13.3. The van der Waals surface area contributed by atoms with Crippen LogP contribution in [0.4, 0.5) is 4.39 Å². The molecule has 0 N–H and O–H groups in total. The van der Waals surface area contributed by atoms with E-state index in [0.29, 0.717) is 5.02 Å². The van der Waals surface area contributed by atoms with Crippen LogP contribution in [0.3, 0.4) is 0 Å². The van der Waals surface area contributed by atoms with E-state index in [0.717, 1.165) is 0 Å². The minimum Gasteiger partial charge on any atom is -1.00 e. The molecule has 4 heteroatoms. The van der Waals surface area contributed by atoms with Crippen molar-refractivity contribution in [3.8, 4) is 0 Å². The molecule has 0 aliphatic rings. The van der Waals surface area contributed by atoms with E-state index in [1.807, 2.05) is 0 Å². The van der Waals surface area contributed by atoms with Gasteiger partial charge in [0.1, 0.15) is 0 Å². The summed E-state index contributed by atoms with van der Waals surface area (Å²) in [6.07, 6.45) is 0. The third kappa shape index (κ3) is 4.49. The molecule has 0 bridgehead atoms. The molecule has 0 aromatic heterocycles. The first-order valence-corrected chi connectivity index (χ1v) is 2.49. The summed E-state index contributed by atoms with van der Waals surface area (Å²) in [4.78, 5) is 0. The second-order valence-electron chi connectivity index (χ2n) is 1.37. The Morgan fingerprint density at radius 1 is 1.40 bits per heavy atom. The molecule has 1 aromatic carbocycles. The summed E-state index contributed by atoms with van der Waals surface area (Å²) in [6, 6.07) is 6.49. The van der Waals surface area contributed by atoms with Gasteiger partial charge in [0.25, 0.3) is 0 Å². The minimum absolute atomic E-state index is 0. The molecule has 0 radical (unpaired) electrons. The van der Waals surface area contributed by atoms with Gasteiger partial charge in [-0.1, -0.05) is 5.02 Å². The van der Waals surface area contributed by atoms with E-state index in [9.17, 15) is 4.39 Å². The molecule has 50 valence electrons. The van der Waals surface area contributed by atoms with Crippen LogP contribution in [0.15, 0.2) is 18.2 Å². The van der Waals surface area contributed by atoms with E-state index >= 15 is 0 Å². The zero-order valence-electron chi connectivity index (χ0n) is 5.07. The van der Waals surface area contributed by atoms with Crippen LogP contribution in [0.2, 0.25) is 5.02 Å². The van der Waals surface area contributed by atoms with Gasteiger partial charge in [0.05, 0.1) is 0 Å². The Balaban J connectivity index is 0. The molecule has 1 aromatic rings. The van der Waals surface area contributed by atoms with Crippen molar-refractivity contribution < 1.29 is 21.4 Å². The van der Waals surface area contributed by atoms with Crippen LogP contribution in [-0.4, -0.2) is 23.1 Å². The van der Waals surface area contributed by atoms with Crippen LogP contribution >= 0.6 is 11.6 Å². The van der Waals surface area contributed by atoms with Crippen LogP contribution in [0.1, 0.15) is 0 Å². The van der Waals surface area contributed by atoms with Crippen molar-refractivity contribution in [2.45, 2.75) is 0 Å². The van der Waals surface area contributed by atoms with Gasteiger partial charge in [-0.15, -0.1) is 12.1 Å². The zero-order chi connectivity index (χ0) is 5.98. The van der Waals surface area contributed by atoms with Crippen molar-refractivity contribution in [2.75, 3.05) is 0 Å². The van der Waals surface area contributed by atoms with Crippen molar-refractivity contribution in [3.05, 3.63) is 35.1 Å². The molecule has 0 saturated carbocycles. The maximum Gasteiger partial charge on any atom is 2.00 e. The second-order valence-corrected chi connectivity index (χ2v) is 1.81. The summed E-state index contributed by atoms with van der Waals surface area (Å²) >= 11 is 5.37. The molecule has 0 amide bonds. The monoisotopic (exact) mass is 232 g/mol. The number of rotatable bonds is 0. The van der Waals surface area contributed by atoms with Gasteiger partial charge in [0.2, 0.25) is 0 Å². The van der Waals surface area contributed by atoms with Crippen LogP contribution in [0.5, 0.6) is 0 Å². The molecular weight excluding hydrogens is 231 g/mol. The van der Waals surface area contributed by atoms with E-state index in [1.54, 1.807) is 0 Å². The Labute approximate surface area is 90.7 Å². The molecule has 0 aliphatic carbocycles. The average Bonchev–Trinajstić information content (AvgIpc) is 1.64. The summed E-state index contributed by atoms with van der Waals surface area (Å²) in [5.41, 5.74) is 0. The smallest absolute Gasteiger partial charge is 1.00 e. The van der Waals surface area contributed by atoms with Crippen molar-refractivity contribution in [1.82, 2.24) is 0 Å². The average molecular weight is 234 g/mol. The van der Waals surface area contributed by atoms with Crippen LogP contribution in [0, 0.1) is 11.9 Å². The van der Waals surface area contributed by atoms with Gasteiger partial charge in [0, 0.05) is 5.82 Å². The van der Waals surface area contributed by atoms with E-state index in [-0.39, 0.29) is 45.9 Å². The van der Waals surface area contributed by atoms with E-state index in [4.69, 9.17) is 11.6 Å². The summed E-state index contributed by atoms with van der Waals surface area (Å²) in [6.45, 7) is 0. The van der Waals surface area contributed by atoms with Gasteiger partial charge in [-0.3, -0.25) is 4.39 Å². The zero-order valence-corrected chi connectivity index (χ0v) is 8.83. The number of halogens is 3. The second kappa shape index (κ2) is 6.40. The fourth-order valence-corrected chi connectivity index (χ4v) is 0.583. The molecule has 10 heavy (non-hydrogen) atoms. The van der Waals surface area contributed by atoms with Gasteiger partial charge in [0.15, 0.2) is 0 Å². The van der Waals surface area contributed by atoms with Crippen LogP contribution < -0.4 is 17.0 Å². The minimum atomic E-state index is -0.350. The van der Waals surface area contributed by atoms with Gasteiger partial charge in [-0.2, -0.15) is 23.7 Å². The van der Waals surface area contributed by atoms with Crippen LogP contribution in [-0.2, 0) is 0 Å². The molecular formula is C6H3BrClFMg. The van der Waals surface area contributed by atoms with Gasteiger partial charge < -0.3 is 17.0 Å². The Hall–Kier alpha value is 0.686. The van der Waals surface area contributed by atoms with Gasteiger partial charge in [-0.05, 0) is 0 Å².